The van der Waals surface area contributed by atoms with Crippen molar-refractivity contribution in [3.05, 3.63) is 35.4 Å². The van der Waals surface area contributed by atoms with Crippen molar-refractivity contribution in [2.45, 2.75) is 0 Å². The molecule has 0 aromatic heterocycles. The second-order valence-corrected chi connectivity index (χ2v) is 2.35. The van der Waals surface area contributed by atoms with Gasteiger partial charge in [-0.05, 0) is 12.1 Å². The molecule has 0 radical (unpaired) electrons. The van der Waals surface area contributed by atoms with Gasteiger partial charge in [0.05, 0.1) is 11.1 Å². The fourth-order valence-electron chi connectivity index (χ4n) is 0.955. The Labute approximate surface area is 156 Å². The summed E-state index contributed by atoms with van der Waals surface area (Å²) in [6, 6.07) is 5.48. The van der Waals surface area contributed by atoms with Gasteiger partial charge in [0.15, 0.2) is 0 Å². The van der Waals surface area contributed by atoms with E-state index in [0.717, 1.165) is 0 Å². The zero-order valence-electron chi connectivity index (χ0n) is 6.97. The average molecular weight is 258 g/mol. The van der Waals surface area contributed by atoms with E-state index in [1.807, 2.05) is 0 Å². The Bertz CT molecular complexity index is 393. The maximum absolute atomic E-state index is 11.1. The summed E-state index contributed by atoms with van der Waals surface area (Å²) in [4.78, 5) is 31.6. The minimum atomic E-state index is -1.25. The van der Waals surface area contributed by atoms with E-state index in [2.05, 4.69) is 4.74 Å². The van der Waals surface area contributed by atoms with Crippen LogP contribution >= 0.6 is 0 Å². The number of carbonyl (C=O) groups excluding carboxylic acids is 2. The van der Waals surface area contributed by atoms with Gasteiger partial charge in [0.2, 0.25) is 0 Å². The van der Waals surface area contributed by atoms with Crippen molar-refractivity contribution in [2.24, 2.45) is 0 Å². The van der Waals surface area contributed by atoms with Crippen LogP contribution in [0.1, 0.15) is 20.7 Å². The molecular formula is C9H8KNaO5. The fraction of sp³-hybridized carbons (Fsp3) is 0. The normalized spacial score (nSPS) is 8.00. The zero-order valence-corrected chi connectivity index (χ0v) is 6.97. The van der Waals surface area contributed by atoms with Gasteiger partial charge in [-0.2, -0.15) is 0 Å². The summed E-state index contributed by atoms with van der Waals surface area (Å²) in [6.45, 7) is -0.0407. The predicted molar refractivity (Wildman–Crippen MR) is 59.2 cm³/mol. The van der Waals surface area contributed by atoms with Gasteiger partial charge in [0.25, 0.3) is 0 Å². The van der Waals surface area contributed by atoms with Gasteiger partial charge in [-0.3, -0.25) is 4.79 Å². The second kappa shape index (κ2) is 9.49. The van der Waals surface area contributed by atoms with Crippen molar-refractivity contribution in [1.29, 1.82) is 0 Å². The van der Waals surface area contributed by atoms with Crippen molar-refractivity contribution in [2.75, 3.05) is 0 Å². The summed E-state index contributed by atoms with van der Waals surface area (Å²) < 4.78 is 4.04. The van der Waals surface area contributed by atoms with Crippen molar-refractivity contribution < 1.29 is 24.2 Å². The Morgan fingerprint density at radius 3 is 2.12 bits per heavy atom. The predicted octanol–water partition coefficient (Wildman–Crippen LogP) is -0.599. The topological polar surface area (TPSA) is 80.7 Å². The monoisotopic (exact) mass is 258 g/mol. The average Bonchev–Trinajstić information content (AvgIpc) is 2.18. The molecule has 76 valence electrons. The van der Waals surface area contributed by atoms with Gasteiger partial charge < -0.3 is 9.84 Å². The van der Waals surface area contributed by atoms with Gasteiger partial charge in [0, 0.05) is 0 Å². The molecule has 0 aliphatic carbocycles. The number of aromatic carboxylic acids is 1. The molecule has 0 saturated heterocycles. The van der Waals surface area contributed by atoms with Crippen molar-refractivity contribution in [3.8, 4) is 0 Å². The van der Waals surface area contributed by atoms with Gasteiger partial charge >= 0.3 is 99.4 Å². The third-order valence-corrected chi connectivity index (χ3v) is 1.53. The Hall–Kier alpha value is 0.466. The van der Waals surface area contributed by atoms with Crippen molar-refractivity contribution in [3.63, 3.8) is 0 Å². The first-order valence-electron chi connectivity index (χ1n) is 3.63. The molecule has 0 heterocycles. The van der Waals surface area contributed by atoms with Gasteiger partial charge in [-0.15, -0.1) is 0 Å². The zero-order chi connectivity index (χ0) is 10.6. The molecule has 16 heavy (non-hydrogen) atoms. The Morgan fingerprint density at radius 2 is 1.69 bits per heavy atom. The molecule has 5 nitrogen and oxygen atoms in total. The van der Waals surface area contributed by atoms with Crippen molar-refractivity contribution in [1.82, 2.24) is 0 Å². The first kappa shape index (κ1) is 18.8. The van der Waals surface area contributed by atoms with E-state index < -0.39 is 11.9 Å². The molecule has 7 heteroatoms. The fourth-order valence-corrected chi connectivity index (χ4v) is 0.955. The number of carboxylic acid groups (broad SMARTS) is 1. The van der Waals surface area contributed by atoms with Crippen molar-refractivity contribution >= 4 is 99.4 Å². The first-order chi connectivity index (χ1) is 6.66. The SMILES string of the molecule is O=COC(=O)c1ccccc1C(=O)O.[KH].[NaH]. The number of rotatable bonds is 3. The van der Waals surface area contributed by atoms with Gasteiger partial charge in [0.1, 0.15) is 0 Å². The molecule has 0 spiro atoms. The van der Waals surface area contributed by atoms with Crippen LogP contribution in [-0.4, -0.2) is 104 Å². The molecule has 0 saturated carbocycles. The van der Waals surface area contributed by atoms with E-state index in [1.54, 1.807) is 0 Å². The molecule has 0 fully saturated rings. The van der Waals surface area contributed by atoms with E-state index in [9.17, 15) is 14.4 Å². The number of hydrogen-bond acceptors (Lipinski definition) is 4. The Morgan fingerprint density at radius 1 is 1.19 bits per heavy atom. The summed E-state index contributed by atoms with van der Waals surface area (Å²) >= 11 is 0. The second-order valence-electron chi connectivity index (χ2n) is 2.35. The summed E-state index contributed by atoms with van der Waals surface area (Å²) in [5.41, 5.74) is -0.341. The molecule has 0 atom stereocenters. The van der Waals surface area contributed by atoms with Crippen LogP contribution < -0.4 is 0 Å². The van der Waals surface area contributed by atoms with Crippen LogP contribution in [0.25, 0.3) is 0 Å². The van der Waals surface area contributed by atoms with Crippen LogP contribution in [0.5, 0.6) is 0 Å². The summed E-state index contributed by atoms with van der Waals surface area (Å²) in [6.07, 6.45) is 0. The van der Waals surface area contributed by atoms with Crippen LogP contribution in [-0.2, 0) is 9.53 Å². The first-order valence-corrected chi connectivity index (χ1v) is 3.63. The number of carboxylic acids is 1. The molecule has 1 rings (SSSR count). The third kappa shape index (κ3) is 5.20. The quantitative estimate of drug-likeness (QED) is 0.339. The third-order valence-electron chi connectivity index (χ3n) is 1.53. The molecule has 1 aromatic carbocycles. The maximum atomic E-state index is 11.1. The summed E-state index contributed by atoms with van der Waals surface area (Å²) in [7, 11) is 0. The number of benzene rings is 1. The molecule has 0 unspecified atom stereocenters. The van der Waals surface area contributed by atoms with E-state index >= 15 is 0 Å². The summed E-state index contributed by atoms with van der Waals surface area (Å²) in [5.74, 6) is -2.22. The number of esters is 1. The van der Waals surface area contributed by atoms with Gasteiger partial charge in [-0.1, -0.05) is 12.1 Å². The molecule has 0 amide bonds. The Kier molecular flexibility index (Phi) is 11.2. The summed E-state index contributed by atoms with van der Waals surface area (Å²) in [5, 5.41) is 8.69. The van der Waals surface area contributed by atoms with E-state index in [1.165, 1.54) is 24.3 Å². The van der Waals surface area contributed by atoms with Crippen LogP contribution in [0.2, 0.25) is 0 Å². The van der Waals surface area contributed by atoms with Crippen LogP contribution in [0, 0.1) is 0 Å². The molecular weight excluding hydrogens is 250 g/mol. The van der Waals surface area contributed by atoms with Crippen LogP contribution in [0.15, 0.2) is 24.3 Å². The number of carbonyl (C=O) groups is 3. The number of ether oxygens (including phenoxy) is 1. The van der Waals surface area contributed by atoms with E-state index in [-0.39, 0.29) is 98.5 Å². The molecule has 1 aromatic rings. The minimum absolute atomic E-state index is 0. The molecule has 1 N–H and O–H groups in total. The Balaban J connectivity index is 0. The van der Waals surface area contributed by atoms with Gasteiger partial charge in [-0.25, -0.2) is 9.59 Å². The van der Waals surface area contributed by atoms with Crippen LogP contribution in [0.4, 0.5) is 0 Å². The molecule has 0 bridgehead atoms. The molecule has 0 aliphatic heterocycles. The molecule has 0 aliphatic rings. The van der Waals surface area contributed by atoms with E-state index in [4.69, 9.17) is 5.11 Å². The standard InChI is InChI=1S/C9H6O5.K.Na.2H/c10-5-14-9(13)7-4-2-1-3-6(7)8(11)12;;;;/h1-5H,(H,11,12);;;;. The van der Waals surface area contributed by atoms with Crippen LogP contribution in [0.3, 0.4) is 0 Å². The number of hydrogen-bond donors (Lipinski definition) is 1. The van der Waals surface area contributed by atoms with E-state index in [0.29, 0.717) is 0 Å².